The third-order valence-electron chi connectivity index (χ3n) is 7.18. The Balaban J connectivity index is 2.11. The van der Waals surface area contributed by atoms with Crippen LogP contribution in [0.5, 0.6) is 5.75 Å². The van der Waals surface area contributed by atoms with Crippen molar-refractivity contribution in [3.05, 3.63) is 48.0 Å². The van der Waals surface area contributed by atoms with Crippen molar-refractivity contribution < 1.29 is 39.3 Å². The number of hydrogen-bond acceptors (Lipinski definition) is 9. The summed E-state index contributed by atoms with van der Waals surface area (Å²) in [6, 6.07) is -0.197. The number of aliphatic hydroxyl groups excluding tert-OH is 1. The van der Waals surface area contributed by atoms with E-state index in [2.05, 4.69) is 31.2 Å². The minimum atomic E-state index is -1.41. The van der Waals surface area contributed by atoms with Gasteiger partial charge in [-0.05, 0) is 29.5 Å². The molecule has 242 valence electrons. The summed E-state index contributed by atoms with van der Waals surface area (Å²) >= 11 is 0. The highest BCUT2D eigenvalue weighted by Gasteiger charge is 2.34. The first kappa shape index (κ1) is 35.7. The number of aliphatic carboxylic acids is 1. The van der Waals surface area contributed by atoms with Crippen molar-refractivity contribution in [3.63, 3.8) is 0 Å². The Bertz CT molecular complexity index is 1250. The van der Waals surface area contributed by atoms with Crippen LogP contribution in [0.25, 0.3) is 0 Å². The normalized spacial score (nSPS) is 15.2. The van der Waals surface area contributed by atoms with E-state index < -0.39 is 78.2 Å². The summed E-state index contributed by atoms with van der Waals surface area (Å²) < 4.78 is 0. The second-order valence-corrected chi connectivity index (χ2v) is 11.0. The van der Waals surface area contributed by atoms with Crippen LogP contribution >= 0.6 is 0 Å². The molecule has 15 nitrogen and oxygen atoms in total. The molecule has 1 heterocycles. The highest BCUT2D eigenvalue weighted by atomic mass is 16.4. The zero-order valence-corrected chi connectivity index (χ0v) is 25.2. The molecule has 1 aromatic carbocycles. The number of H-pyrrole nitrogens is 1. The van der Waals surface area contributed by atoms with E-state index >= 15 is 0 Å². The van der Waals surface area contributed by atoms with E-state index in [9.17, 15) is 39.3 Å². The van der Waals surface area contributed by atoms with E-state index in [1.165, 1.54) is 36.8 Å². The summed E-state index contributed by atoms with van der Waals surface area (Å²) in [7, 11) is 0. The molecule has 0 saturated carbocycles. The zero-order chi connectivity index (χ0) is 33.0. The quantitative estimate of drug-likeness (QED) is 0.104. The molecule has 2 aromatic rings. The number of nitrogens with one attached hydrogen (secondary N) is 5. The largest absolute Gasteiger partial charge is 0.508 e. The molecule has 0 fully saturated rings. The summed E-state index contributed by atoms with van der Waals surface area (Å²) in [4.78, 5) is 70.9. The number of nitrogens with zero attached hydrogens (tertiary/aromatic N) is 1. The van der Waals surface area contributed by atoms with Crippen LogP contribution in [0.15, 0.2) is 36.8 Å². The minimum absolute atomic E-state index is 0.0109. The van der Waals surface area contributed by atoms with Gasteiger partial charge in [0.25, 0.3) is 0 Å². The fourth-order valence-corrected chi connectivity index (χ4v) is 4.26. The maximum atomic E-state index is 13.4. The predicted octanol–water partition coefficient (Wildman–Crippen LogP) is -1.05. The number of carboxylic acid groups (broad SMARTS) is 1. The number of aromatic nitrogens is 2. The molecular formula is C29H43N7O8. The van der Waals surface area contributed by atoms with Gasteiger partial charge >= 0.3 is 5.97 Å². The number of hydrogen-bond donors (Lipinski definition) is 9. The molecule has 0 radical (unpaired) electrons. The lowest BCUT2D eigenvalue weighted by molar-refractivity contribution is -0.142. The first-order chi connectivity index (χ1) is 20.8. The van der Waals surface area contributed by atoms with Gasteiger partial charge in [0.15, 0.2) is 0 Å². The molecule has 0 aliphatic heterocycles. The van der Waals surface area contributed by atoms with Gasteiger partial charge in [-0.3, -0.25) is 19.2 Å². The van der Waals surface area contributed by atoms with E-state index in [4.69, 9.17) is 5.73 Å². The Morgan fingerprint density at radius 2 is 1.45 bits per heavy atom. The Kier molecular flexibility index (Phi) is 13.8. The fraction of sp³-hybridized carbons (Fsp3) is 0.517. The lowest BCUT2D eigenvalue weighted by atomic mass is 9.96. The maximum Gasteiger partial charge on any atom is 0.326 e. The van der Waals surface area contributed by atoms with Crippen molar-refractivity contribution in [2.45, 2.75) is 77.2 Å². The molecule has 0 bridgehead atoms. The van der Waals surface area contributed by atoms with Gasteiger partial charge in [-0.15, -0.1) is 0 Å². The number of aliphatic hydroxyl groups is 1. The molecule has 4 amide bonds. The van der Waals surface area contributed by atoms with Gasteiger partial charge in [0.05, 0.1) is 19.0 Å². The number of aromatic amines is 1. The third kappa shape index (κ3) is 10.6. The van der Waals surface area contributed by atoms with Gasteiger partial charge in [0.2, 0.25) is 23.6 Å². The first-order valence-corrected chi connectivity index (χ1v) is 14.3. The van der Waals surface area contributed by atoms with Crippen molar-refractivity contribution in [3.8, 4) is 5.75 Å². The molecule has 0 aliphatic rings. The topological polar surface area (TPSA) is 249 Å². The van der Waals surface area contributed by atoms with Gasteiger partial charge in [0, 0.05) is 24.7 Å². The number of carbonyl (C=O) groups is 5. The summed E-state index contributed by atoms with van der Waals surface area (Å²) in [5.41, 5.74) is 7.09. The second-order valence-electron chi connectivity index (χ2n) is 11.0. The number of nitrogens with two attached hydrogens (primary N) is 1. The van der Waals surface area contributed by atoms with Crippen LogP contribution in [-0.4, -0.2) is 91.7 Å². The van der Waals surface area contributed by atoms with Crippen molar-refractivity contribution in [1.82, 2.24) is 31.2 Å². The van der Waals surface area contributed by atoms with Crippen LogP contribution in [0.1, 0.15) is 45.4 Å². The Hall–Kier alpha value is -4.50. The molecule has 1 aromatic heterocycles. The number of amides is 4. The molecule has 0 aliphatic carbocycles. The van der Waals surface area contributed by atoms with Crippen LogP contribution in [0.3, 0.4) is 0 Å². The average molecular weight is 618 g/mol. The maximum absolute atomic E-state index is 13.4. The molecule has 0 unspecified atom stereocenters. The summed E-state index contributed by atoms with van der Waals surface area (Å²) in [6.45, 7) is 6.07. The number of aromatic hydroxyl groups is 1. The van der Waals surface area contributed by atoms with Crippen LogP contribution in [0, 0.1) is 11.8 Å². The highest BCUT2D eigenvalue weighted by molar-refractivity contribution is 5.95. The minimum Gasteiger partial charge on any atom is -0.508 e. The van der Waals surface area contributed by atoms with Crippen LogP contribution in [-0.2, 0) is 36.8 Å². The van der Waals surface area contributed by atoms with E-state index in [1.807, 2.05) is 0 Å². The third-order valence-corrected chi connectivity index (χ3v) is 7.18. The molecule has 10 N–H and O–H groups in total. The Labute approximate surface area is 255 Å². The number of benzene rings is 1. The molecule has 6 atom stereocenters. The zero-order valence-electron chi connectivity index (χ0n) is 25.2. The summed E-state index contributed by atoms with van der Waals surface area (Å²) in [5.74, 6) is -5.13. The van der Waals surface area contributed by atoms with Gasteiger partial charge in [0.1, 0.15) is 29.9 Å². The van der Waals surface area contributed by atoms with E-state index in [-0.39, 0.29) is 18.6 Å². The predicted molar refractivity (Wildman–Crippen MR) is 159 cm³/mol. The van der Waals surface area contributed by atoms with Crippen LogP contribution in [0.4, 0.5) is 0 Å². The van der Waals surface area contributed by atoms with Crippen LogP contribution in [0.2, 0.25) is 0 Å². The van der Waals surface area contributed by atoms with Crippen molar-refractivity contribution in [1.29, 1.82) is 0 Å². The molecular weight excluding hydrogens is 574 g/mol. The molecule has 0 saturated heterocycles. The van der Waals surface area contributed by atoms with Gasteiger partial charge in [-0.25, -0.2) is 9.78 Å². The average Bonchev–Trinajstić information content (AvgIpc) is 3.49. The number of carbonyl (C=O) groups excluding carboxylic acids is 4. The summed E-state index contributed by atoms with van der Waals surface area (Å²) in [6.07, 6.45) is 3.43. The smallest absolute Gasteiger partial charge is 0.326 e. The number of rotatable bonds is 17. The van der Waals surface area contributed by atoms with E-state index in [0.717, 1.165) is 0 Å². The number of phenols is 1. The van der Waals surface area contributed by atoms with Gasteiger partial charge in [-0.2, -0.15) is 0 Å². The fourth-order valence-electron chi connectivity index (χ4n) is 4.26. The van der Waals surface area contributed by atoms with Crippen LogP contribution < -0.4 is 27.0 Å². The second kappa shape index (κ2) is 17.0. The lowest BCUT2D eigenvalue weighted by Gasteiger charge is -2.29. The van der Waals surface area contributed by atoms with Crippen molar-refractivity contribution in [2.75, 3.05) is 6.61 Å². The molecule has 2 rings (SSSR count). The Morgan fingerprint density at radius 3 is 1.98 bits per heavy atom. The lowest BCUT2D eigenvalue weighted by Crippen LogP contribution is -2.61. The monoisotopic (exact) mass is 617 g/mol. The van der Waals surface area contributed by atoms with E-state index in [1.54, 1.807) is 27.7 Å². The van der Waals surface area contributed by atoms with E-state index in [0.29, 0.717) is 17.7 Å². The van der Waals surface area contributed by atoms with Crippen molar-refractivity contribution >= 4 is 29.6 Å². The van der Waals surface area contributed by atoms with Gasteiger partial charge in [-0.1, -0.05) is 46.2 Å². The number of carboxylic acids is 1. The number of imidazole rings is 1. The Morgan fingerprint density at radius 1 is 0.864 bits per heavy atom. The summed E-state index contributed by atoms with van der Waals surface area (Å²) in [5, 5.41) is 39.0. The standard InChI is InChI=1S/C29H43N7O8/c1-5-16(4)24(36-26(40)22(13-37)34-25(39)20(30)11-18-12-31-14-32-18)28(42)35-23(15(2)3)27(41)33-21(29(43)44)10-17-6-8-19(38)9-7-17/h6-9,12,14-16,20-24,37-38H,5,10-11,13,30H2,1-4H3,(H,31,32)(H,33,41)(H,34,39)(H,35,42)(H,36,40)(H,43,44)/t16-,20-,21-,22-,23-,24-/m0/s1. The number of phenolic OH excluding ortho intramolecular Hbond substituents is 1. The van der Waals surface area contributed by atoms with Crippen molar-refractivity contribution in [2.24, 2.45) is 17.6 Å². The first-order valence-electron chi connectivity index (χ1n) is 14.3. The molecule has 0 spiro atoms. The SMILES string of the molecule is CC[C@H](C)[C@H](NC(=O)[C@H](CO)NC(=O)[C@@H](N)Cc1cnc[nH]1)C(=O)N[C@H](C(=O)N[C@@H](Cc1ccc(O)cc1)C(=O)O)C(C)C. The highest BCUT2D eigenvalue weighted by Crippen LogP contribution is 2.13. The molecule has 15 heteroatoms. The molecule has 44 heavy (non-hydrogen) atoms. The van der Waals surface area contributed by atoms with Gasteiger partial charge < -0.3 is 47.3 Å².